The van der Waals surface area contributed by atoms with E-state index in [1.54, 1.807) is 24.3 Å². The van der Waals surface area contributed by atoms with Gasteiger partial charge in [-0.15, -0.1) is 0 Å². The fourth-order valence-corrected chi connectivity index (χ4v) is 1.77. The monoisotopic (exact) mass is 313 g/mol. The SMILES string of the molecule is CC(=O)Nc1ccc(C(=O)N/N=C\c2ccc(O)cc2O)cc1. The van der Waals surface area contributed by atoms with E-state index in [2.05, 4.69) is 15.8 Å². The molecule has 2 amide bonds. The van der Waals surface area contributed by atoms with Crippen molar-refractivity contribution in [2.24, 2.45) is 5.10 Å². The molecule has 0 heterocycles. The van der Waals surface area contributed by atoms with E-state index in [1.165, 1.54) is 31.3 Å². The van der Waals surface area contributed by atoms with Gasteiger partial charge in [0.15, 0.2) is 0 Å². The Labute approximate surface area is 132 Å². The minimum atomic E-state index is -0.436. The van der Waals surface area contributed by atoms with Crippen molar-refractivity contribution in [2.75, 3.05) is 5.32 Å². The van der Waals surface area contributed by atoms with Crippen molar-refractivity contribution in [1.29, 1.82) is 0 Å². The van der Waals surface area contributed by atoms with Crippen molar-refractivity contribution in [1.82, 2.24) is 5.43 Å². The van der Waals surface area contributed by atoms with E-state index in [9.17, 15) is 19.8 Å². The van der Waals surface area contributed by atoms with Crippen molar-refractivity contribution < 1.29 is 19.8 Å². The van der Waals surface area contributed by atoms with Crippen molar-refractivity contribution in [3.8, 4) is 11.5 Å². The van der Waals surface area contributed by atoms with E-state index in [4.69, 9.17) is 0 Å². The van der Waals surface area contributed by atoms with Crippen LogP contribution in [0.5, 0.6) is 11.5 Å². The first kappa shape index (κ1) is 16.0. The number of hydrogen-bond donors (Lipinski definition) is 4. The molecule has 7 nitrogen and oxygen atoms in total. The van der Waals surface area contributed by atoms with Crippen LogP contribution in [0, 0.1) is 0 Å². The Kier molecular flexibility index (Phi) is 4.93. The van der Waals surface area contributed by atoms with Gasteiger partial charge in [0.25, 0.3) is 5.91 Å². The Balaban J connectivity index is 1.98. The van der Waals surface area contributed by atoms with E-state index in [1.807, 2.05) is 0 Å². The van der Waals surface area contributed by atoms with Crippen LogP contribution in [0.2, 0.25) is 0 Å². The number of nitrogens with zero attached hydrogens (tertiary/aromatic N) is 1. The van der Waals surface area contributed by atoms with Gasteiger partial charge in [-0.05, 0) is 36.4 Å². The number of amides is 2. The third kappa shape index (κ3) is 4.57. The largest absolute Gasteiger partial charge is 0.508 e. The molecule has 0 unspecified atom stereocenters. The number of rotatable bonds is 4. The number of carbonyl (C=O) groups excluding carboxylic acids is 2. The molecule has 2 aromatic carbocycles. The Morgan fingerprint density at radius 3 is 2.39 bits per heavy atom. The average molecular weight is 313 g/mol. The molecule has 0 saturated carbocycles. The maximum Gasteiger partial charge on any atom is 0.271 e. The summed E-state index contributed by atoms with van der Waals surface area (Å²) in [7, 11) is 0. The lowest BCUT2D eigenvalue weighted by Crippen LogP contribution is -2.17. The Bertz CT molecular complexity index is 754. The normalized spacial score (nSPS) is 10.5. The third-order valence-corrected chi connectivity index (χ3v) is 2.85. The molecule has 0 atom stereocenters. The Hall–Kier alpha value is -3.35. The van der Waals surface area contributed by atoms with Crippen LogP contribution in [0.15, 0.2) is 47.6 Å². The molecule has 0 radical (unpaired) electrons. The highest BCUT2D eigenvalue weighted by molar-refractivity contribution is 5.96. The molecule has 0 bridgehead atoms. The van der Waals surface area contributed by atoms with Crippen LogP contribution in [0.3, 0.4) is 0 Å². The van der Waals surface area contributed by atoms with Gasteiger partial charge < -0.3 is 15.5 Å². The number of hydrogen-bond acceptors (Lipinski definition) is 5. The molecular weight excluding hydrogens is 298 g/mol. The van der Waals surface area contributed by atoms with Crippen LogP contribution in [0.25, 0.3) is 0 Å². The summed E-state index contributed by atoms with van der Waals surface area (Å²) in [5.41, 5.74) is 3.63. The van der Waals surface area contributed by atoms with E-state index in [-0.39, 0.29) is 17.4 Å². The number of nitrogens with one attached hydrogen (secondary N) is 2. The number of anilines is 1. The summed E-state index contributed by atoms with van der Waals surface area (Å²) < 4.78 is 0. The molecule has 0 aromatic heterocycles. The third-order valence-electron chi connectivity index (χ3n) is 2.85. The molecule has 23 heavy (non-hydrogen) atoms. The molecule has 4 N–H and O–H groups in total. The van der Waals surface area contributed by atoms with Gasteiger partial charge in [0, 0.05) is 29.8 Å². The highest BCUT2D eigenvalue weighted by atomic mass is 16.3. The van der Waals surface area contributed by atoms with Crippen LogP contribution in [0.1, 0.15) is 22.8 Å². The number of phenols is 2. The molecule has 7 heteroatoms. The summed E-state index contributed by atoms with van der Waals surface area (Å²) >= 11 is 0. The van der Waals surface area contributed by atoms with Gasteiger partial charge in [-0.3, -0.25) is 9.59 Å². The van der Waals surface area contributed by atoms with Crippen LogP contribution < -0.4 is 10.7 Å². The first-order valence-electron chi connectivity index (χ1n) is 6.69. The molecule has 2 rings (SSSR count). The van der Waals surface area contributed by atoms with Crippen LogP contribution >= 0.6 is 0 Å². The second-order valence-corrected chi connectivity index (χ2v) is 4.70. The second-order valence-electron chi connectivity index (χ2n) is 4.70. The molecule has 2 aromatic rings. The molecule has 0 aliphatic carbocycles. The zero-order chi connectivity index (χ0) is 16.8. The zero-order valence-corrected chi connectivity index (χ0v) is 12.3. The maximum atomic E-state index is 11.9. The number of benzene rings is 2. The fourth-order valence-electron chi connectivity index (χ4n) is 1.77. The van der Waals surface area contributed by atoms with E-state index < -0.39 is 5.91 Å². The van der Waals surface area contributed by atoms with E-state index >= 15 is 0 Å². The van der Waals surface area contributed by atoms with Gasteiger partial charge in [0.1, 0.15) is 11.5 Å². The summed E-state index contributed by atoms with van der Waals surface area (Å²) in [5, 5.41) is 25.1. The maximum absolute atomic E-state index is 11.9. The van der Waals surface area contributed by atoms with Crippen molar-refractivity contribution in [2.45, 2.75) is 6.92 Å². The molecule has 0 aliphatic heterocycles. The number of carbonyl (C=O) groups is 2. The molecule has 0 saturated heterocycles. The minimum absolute atomic E-state index is 0.0667. The number of phenolic OH excluding ortho intramolecular Hbond substituents is 2. The van der Waals surface area contributed by atoms with Crippen LogP contribution in [0.4, 0.5) is 5.69 Å². The van der Waals surface area contributed by atoms with Gasteiger partial charge in [0.2, 0.25) is 5.91 Å². The molecule has 0 aliphatic rings. The Morgan fingerprint density at radius 1 is 1.09 bits per heavy atom. The number of hydrazone groups is 1. The molecule has 0 spiro atoms. The lowest BCUT2D eigenvalue weighted by molar-refractivity contribution is -0.114. The summed E-state index contributed by atoms with van der Waals surface area (Å²) in [6.07, 6.45) is 1.26. The molecule has 0 fully saturated rings. The number of aromatic hydroxyl groups is 2. The summed E-state index contributed by atoms with van der Waals surface area (Å²) in [5.74, 6) is -0.847. The lowest BCUT2D eigenvalue weighted by atomic mass is 10.2. The smallest absolute Gasteiger partial charge is 0.271 e. The van der Waals surface area contributed by atoms with Gasteiger partial charge >= 0.3 is 0 Å². The van der Waals surface area contributed by atoms with Crippen LogP contribution in [-0.2, 0) is 4.79 Å². The Morgan fingerprint density at radius 2 is 1.78 bits per heavy atom. The second kappa shape index (κ2) is 7.08. The summed E-state index contributed by atoms with van der Waals surface area (Å²) in [4.78, 5) is 22.8. The topological polar surface area (TPSA) is 111 Å². The fraction of sp³-hybridized carbons (Fsp3) is 0.0625. The molecule has 118 valence electrons. The standard InChI is InChI=1S/C16H15N3O4/c1-10(20)18-13-5-2-11(3-6-13)16(23)19-17-9-12-4-7-14(21)8-15(12)22/h2-9,21-22H,1H3,(H,18,20)(H,19,23)/b17-9-. The van der Waals surface area contributed by atoms with E-state index in [0.717, 1.165) is 0 Å². The van der Waals surface area contributed by atoms with Crippen molar-refractivity contribution >= 4 is 23.7 Å². The van der Waals surface area contributed by atoms with Crippen molar-refractivity contribution in [3.63, 3.8) is 0 Å². The van der Waals surface area contributed by atoms with Crippen molar-refractivity contribution in [3.05, 3.63) is 53.6 Å². The minimum Gasteiger partial charge on any atom is -0.508 e. The highest BCUT2D eigenvalue weighted by Gasteiger charge is 2.05. The molecular formula is C16H15N3O4. The lowest BCUT2D eigenvalue weighted by Gasteiger charge is -2.04. The first-order chi connectivity index (χ1) is 11.0. The zero-order valence-electron chi connectivity index (χ0n) is 12.3. The van der Waals surface area contributed by atoms with Gasteiger partial charge in [-0.1, -0.05) is 0 Å². The predicted molar refractivity (Wildman–Crippen MR) is 85.6 cm³/mol. The van der Waals surface area contributed by atoms with E-state index in [0.29, 0.717) is 16.8 Å². The quantitative estimate of drug-likeness (QED) is 0.509. The van der Waals surface area contributed by atoms with Gasteiger partial charge in [-0.25, -0.2) is 5.43 Å². The average Bonchev–Trinajstić information content (AvgIpc) is 2.49. The predicted octanol–water partition coefficient (Wildman–Crippen LogP) is 1.82. The van der Waals surface area contributed by atoms with Gasteiger partial charge in [0.05, 0.1) is 6.21 Å². The summed E-state index contributed by atoms with van der Waals surface area (Å²) in [6.45, 7) is 1.40. The summed E-state index contributed by atoms with van der Waals surface area (Å²) in [6, 6.07) is 10.3. The first-order valence-corrected chi connectivity index (χ1v) is 6.69. The van der Waals surface area contributed by atoms with Crippen LogP contribution in [-0.4, -0.2) is 28.2 Å². The van der Waals surface area contributed by atoms with Gasteiger partial charge in [-0.2, -0.15) is 5.10 Å². The highest BCUT2D eigenvalue weighted by Crippen LogP contribution is 2.20.